The number of hydrogen-bond donors (Lipinski definition) is 0. The van der Waals surface area contributed by atoms with Gasteiger partial charge >= 0.3 is 0 Å². The Bertz CT molecular complexity index is 876. The molecule has 4 rings (SSSR count). The molecule has 2 aromatic heterocycles. The maximum absolute atomic E-state index is 13.0. The Kier molecular flexibility index (Phi) is 3.18. The number of amides is 1. The Morgan fingerprint density at radius 2 is 2.13 bits per heavy atom. The molecule has 0 spiro atoms. The lowest BCUT2D eigenvalue weighted by Crippen LogP contribution is -2.36. The number of hydrogen-bond acceptors (Lipinski definition) is 5. The number of benzene rings is 1. The van der Waals surface area contributed by atoms with E-state index in [1.165, 1.54) is 4.52 Å². The van der Waals surface area contributed by atoms with Crippen LogP contribution in [-0.4, -0.2) is 43.5 Å². The minimum absolute atomic E-state index is 0.0849. The van der Waals surface area contributed by atoms with Crippen LogP contribution in [-0.2, 0) is 6.54 Å². The van der Waals surface area contributed by atoms with Crippen molar-refractivity contribution in [3.8, 4) is 5.75 Å². The quantitative estimate of drug-likeness (QED) is 0.682. The van der Waals surface area contributed by atoms with E-state index < -0.39 is 0 Å². The molecule has 7 nitrogen and oxygen atoms in total. The zero-order chi connectivity index (χ0) is 15.8. The summed E-state index contributed by atoms with van der Waals surface area (Å²) in [6, 6.07) is 11.3. The van der Waals surface area contributed by atoms with Crippen molar-refractivity contribution in [2.75, 3.05) is 6.54 Å². The lowest BCUT2D eigenvalue weighted by atomic mass is 10.1. The molecule has 23 heavy (non-hydrogen) atoms. The van der Waals surface area contributed by atoms with Crippen LogP contribution >= 0.6 is 0 Å². The highest BCUT2D eigenvalue weighted by molar-refractivity contribution is 5.99. The van der Waals surface area contributed by atoms with Crippen LogP contribution in [0.1, 0.15) is 22.8 Å². The van der Waals surface area contributed by atoms with Crippen molar-refractivity contribution in [3.63, 3.8) is 0 Å². The third-order valence-corrected chi connectivity index (χ3v) is 3.88. The van der Waals surface area contributed by atoms with Crippen molar-refractivity contribution >= 4 is 11.6 Å². The molecule has 1 amide bonds. The Morgan fingerprint density at radius 1 is 1.26 bits per heavy atom. The molecule has 0 bridgehead atoms. The third-order valence-electron chi connectivity index (χ3n) is 3.88. The molecule has 0 radical (unpaired) electrons. The van der Waals surface area contributed by atoms with Crippen molar-refractivity contribution in [3.05, 3.63) is 53.7 Å². The maximum atomic E-state index is 13.0. The van der Waals surface area contributed by atoms with Gasteiger partial charge in [-0.2, -0.15) is 4.52 Å². The summed E-state index contributed by atoms with van der Waals surface area (Å²) in [6.45, 7) is 2.97. The van der Waals surface area contributed by atoms with E-state index in [0.717, 1.165) is 11.3 Å². The summed E-state index contributed by atoms with van der Waals surface area (Å²) in [6.07, 6.45) is 1.63. The van der Waals surface area contributed by atoms with E-state index in [9.17, 15) is 4.79 Å². The van der Waals surface area contributed by atoms with Crippen LogP contribution in [0, 0.1) is 0 Å². The minimum atomic E-state index is -0.0995. The Balaban J connectivity index is 1.72. The molecule has 116 valence electrons. The highest BCUT2D eigenvalue weighted by Gasteiger charge is 2.26. The van der Waals surface area contributed by atoms with Gasteiger partial charge in [-0.15, -0.1) is 5.10 Å². The van der Waals surface area contributed by atoms with Crippen molar-refractivity contribution in [2.24, 2.45) is 0 Å². The summed E-state index contributed by atoms with van der Waals surface area (Å²) >= 11 is 0. The molecule has 3 heterocycles. The molecule has 0 saturated heterocycles. The SMILES string of the molecule is CC1CN(C(=O)c2cccn3nnnc23)Cc2ccccc2O1. The number of carbonyl (C=O) groups is 1. The zero-order valence-corrected chi connectivity index (χ0v) is 12.6. The topological polar surface area (TPSA) is 72.6 Å². The van der Waals surface area contributed by atoms with Crippen molar-refractivity contribution in [1.82, 2.24) is 24.9 Å². The molecular weight excluding hydrogens is 294 g/mol. The van der Waals surface area contributed by atoms with Crippen LogP contribution in [0.25, 0.3) is 5.65 Å². The fourth-order valence-corrected chi connectivity index (χ4v) is 2.84. The number of fused-ring (bicyclic) bond motifs is 2. The average molecular weight is 309 g/mol. The molecule has 7 heteroatoms. The van der Waals surface area contributed by atoms with E-state index >= 15 is 0 Å². The molecular formula is C16H15N5O2. The Morgan fingerprint density at radius 3 is 3.04 bits per heavy atom. The van der Waals surface area contributed by atoms with Gasteiger partial charge in [0, 0.05) is 18.3 Å². The summed E-state index contributed by atoms with van der Waals surface area (Å²) in [5.74, 6) is 0.732. The van der Waals surface area contributed by atoms with Gasteiger partial charge in [-0.3, -0.25) is 4.79 Å². The summed E-state index contributed by atoms with van der Waals surface area (Å²) < 4.78 is 7.41. The van der Waals surface area contributed by atoms with Gasteiger partial charge in [0.2, 0.25) is 0 Å². The molecule has 1 unspecified atom stereocenters. The largest absolute Gasteiger partial charge is 0.489 e. The number of tetrazole rings is 1. The van der Waals surface area contributed by atoms with Crippen LogP contribution in [0.2, 0.25) is 0 Å². The molecule has 0 N–H and O–H groups in total. The first kappa shape index (κ1) is 13.7. The van der Waals surface area contributed by atoms with Gasteiger partial charge in [-0.25, -0.2) is 0 Å². The summed E-state index contributed by atoms with van der Waals surface area (Å²) in [5.41, 5.74) is 1.95. The van der Waals surface area contributed by atoms with Crippen molar-refractivity contribution in [2.45, 2.75) is 19.6 Å². The number of para-hydroxylation sites is 1. The molecule has 0 fully saturated rings. The molecule has 1 atom stereocenters. The number of carbonyl (C=O) groups excluding carboxylic acids is 1. The number of rotatable bonds is 1. The summed E-state index contributed by atoms with van der Waals surface area (Å²) in [4.78, 5) is 14.8. The van der Waals surface area contributed by atoms with Gasteiger partial charge in [0.05, 0.1) is 12.1 Å². The molecule has 0 saturated carbocycles. The van der Waals surface area contributed by atoms with E-state index in [2.05, 4.69) is 15.5 Å². The Hall–Kier alpha value is -2.96. The minimum Gasteiger partial charge on any atom is -0.489 e. The van der Waals surface area contributed by atoms with E-state index in [-0.39, 0.29) is 12.0 Å². The van der Waals surface area contributed by atoms with E-state index in [1.807, 2.05) is 31.2 Å². The third kappa shape index (κ3) is 2.40. The fourth-order valence-electron chi connectivity index (χ4n) is 2.84. The molecule has 3 aromatic rings. The van der Waals surface area contributed by atoms with Gasteiger partial charge < -0.3 is 9.64 Å². The second kappa shape index (κ2) is 5.35. The van der Waals surface area contributed by atoms with E-state index in [1.54, 1.807) is 23.2 Å². The van der Waals surface area contributed by atoms with Crippen LogP contribution in [0.15, 0.2) is 42.6 Å². The molecule has 1 aliphatic rings. The highest BCUT2D eigenvalue weighted by atomic mass is 16.5. The van der Waals surface area contributed by atoms with Crippen molar-refractivity contribution in [1.29, 1.82) is 0 Å². The van der Waals surface area contributed by atoms with Crippen LogP contribution in [0.5, 0.6) is 5.75 Å². The average Bonchev–Trinajstić information content (AvgIpc) is 2.96. The zero-order valence-electron chi connectivity index (χ0n) is 12.6. The number of aromatic nitrogens is 4. The second-order valence-electron chi connectivity index (χ2n) is 5.59. The second-order valence-corrected chi connectivity index (χ2v) is 5.59. The summed E-state index contributed by atoms with van der Waals surface area (Å²) in [7, 11) is 0. The first-order chi connectivity index (χ1) is 11.2. The van der Waals surface area contributed by atoms with Gasteiger partial charge in [0.15, 0.2) is 5.65 Å². The lowest BCUT2D eigenvalue weighted by molar-refractivity contribution is 0.0692. The first-order valence-electron chi connectivity index (χ1n) is 7.43. The number of pyridine rings is 1. The molecule has 1 aliphatic heterocycles. The first-order valence-corrected chi connectivity index (χ1v) is 7.43. The fraction of sp³-hybridized carbons (Fsp3) is 0.250. The maximum Gasteiger partial charge on any atom is 0.258 e. The normalized spacial score (nSPS) is 17.4. The van der Waals surface area contributed by atoms with Gasteiger partial charge in [-0.05, 0) is 35.5 Å². The van der Waals surface area contributed by atoms with Gasteiger partial charge in [0.25, 0.3) is 5.91 Å². The van der Waals surface area contributed by atoms with Gasteiger partial charge in [-0.1, -0.05) is 18.2 Å². The number of nitrogens with zero attached hydrogens (tertiary/aromatic N) is 5. The van der Waals surface area contributed by atoms with Crippen molar-refractivity contribution < 1.29 is 9.53 Å². The van der Waals surface area contributed by atoms with Crippen LogP contribution in [0.4, 0.5) is 0 Å². The standard InChI is InChI=1S/C16H15N5O2/c1-11-9-20(10-12-5-2-3-7-14(12)23-11)16(22)13-6-4-8-21-15(13)17-18-19-21/h2-8,11H,9-10H2,1H3. The highest BCUT2D eigenvalue weighted by Crippen LogP contribution is 2.26. The molecule has 1 aromatic carbocycles. The van der Waals surface area contributed by atoms with E-state index in [4.69, 9.17) is 4.74 Å². The Labute approximate surface area is 132 Å². The van der Waals surface area contributed by atoms with E-state index in [0.29, 0.717) is 24.3 Å². The molecule has 0 aliphatic carbocycles. The lowest BCUT2D eigenvalue weighted by Gasteiger charge is -2.22. The monoisotopic (exact) mass is 309 g/mol. The number of ether oxygens (including phenoxy) is 1. The predicted octanol–water partition coefficient (Wildman–Crippen LogP) is 1.55. The smallest absolute Gasteiger partial charge is 0.258 e. The van der Waals surface area contributed by atoms with Gasteiger partial charge in [0.1, 0.15) is 11.9 Å². The summed E-state index contributed by atoms with van der Waals surface area (Å²) in [5, 5.41) is 11.4. The van der Waals surface area contributed by atoms with Crippen LogP contribution in [0.3, 0.4) is 0 Å². The predicted molar refractivity (Wildman–Crippen MR) is 82.1 cm³/mol. The van der Waals surface area contributed by atoms with Crippen LogP contribution < -0.4 is 4.74 Å².